The number of nitrogens with one attached hydrogen (secondary N) is 2. The van der Waals surface area contributed by atoms with Crippen molar-refractivity contribution in [1.82, 2.24) is 10.9 Å². The zero-order valence-corrected chi connectivity index (χ0v) is 5.81. The van der Waals surface area contributed by atoms with Crippen molar-refractivity contribution in [3.8, 4) is 0 Å². The summed E-state index contributed by atoms with van der Waals surface area (Å²) in [7, 11) is 0. The van der Waals surface area contributed by atoms with Gasteiger partial charge < -0.3 is 5.73 Å². The van der Waals surface area contributed by atoms with Crippen LogP contribution in [-0.4, -0.2) is 18.4 Å². The zero-order chi connectivity index (χ0) is 7.98. The molecule has 0 aromatic rings. The van der Waals surface area contributed by atoms with Gasteiger partial charge in [0, 0.05) is 6.42 Å². The standard InChI is InChI=1S/C5H11N3O2/c1-2-4(9)7-8-5(10)3-6/h2-3,6H2,1H3,(H,7,9)(H,8,10). The van der Waals surface area contributed by atoms with Crippen LogP contribution in [0.25, 0.3) is 0 Å². The van der Waals surface area contributed by atoms with Gasteiger partial charge in [0.15, 0.2) is 0 Å². The van der Waals surface area contributed by atoms with E-state index in [9.17, 15) is 9.59 Å². The van der Waals surface area contributed by atoms with Gasteiger partial charge in [-0.05, 0) is 0 Å². The van der Waals surface area contributed by atoms with Crippen molar-refractivity contribution in [1.29, 1.82) is 0 Å². The molecule has 0 spiro atoms. The van der Waals surface area contributed by atoms with Crippen molar-refractivity contribution in [2.24, 2.45) is 5.73 Å². The number of nitrogens with two attached hydrogens (primary N) is 1. The largest absolute Gasteiger partial charge is 0.322 e. The summed E-state index contributed by atoms with van der Waals surface area (Å²) in [6.45, 7) is 1.56. The predicted octanol–water partition coefficient (Wildman–Crippen LogP) is -1.50. The van der Waals surface area contributed by atoms with E-state index in [4.69, 9.17) is 5.73 Å². The Morgan fingerprint density at radius 1 is 1.30 bits per heavy atom. The van der Waals surface area contributed by atoms with Gasteiger partial charge in [-0.15, -0.1) is 0 Å². The Morgan fingerprint density at radius 2 is 1.80 bits per heavy atom. The zero-order valence-electron chi connectivity index (χ0n) is 5.81. The Hall–Kier alpha value is -1.10. The monoisotopic (exact) mass is 145 g/mol. The molecule has 5 nitrogen and oxygen atoms in total. The van der Waals surface area contributed by atoms with Gasteiger partial charge in [-0.1, -0.05) is 6.92 Å². The molecule has 0 aliphatic rings. The van der Waals surface area contributed by atoms with E-state index < -0.39 is 5.91 Å². The summed E-state index contributed by atoms with van der Waals surface area (Å²) in [5.41, 5.74) is 9.22. The highest BCUT2D eigenvalue weighted by atomic mass is 16.2. The van der Waals surface area contributed by atoms with Crippen molar-refractivity contribution in [2.45, 2.75) is 13.3 Å². The molecule has 2 amide bonds. The third-order valence-electron chi connectivity index (χ3n) is 0.848. The fraction of sp³-hybridized carbons (Fsp3) is 0.600. The third-order valence-corrected chi connectivity index (χ3v) is 0.848. The highest BCUT2D eigenvalue weighted by Gasteiger charge is 1.97. The maximum absolute atomic E-state index is 10.5. The molecule has 0 saturated carbocycles. The minimum absolute atomic E-state index is 0.121. The van der Waals surface area contributed by atoms with Crippen LogP contribution in [0.3, 0.4) is 0 Å². The first-order valence-corrected chi connectivity index (χ1v) is 2.98. The lowest BCUT2D eigenvalue weighted by Crippen LogP contribution is -2.44. The summed E-state index contributed by atoms with van der Waals surface area (Å²) in [5.74, 6) is -0.636. The van der Waals surface area contributed by atoms with Crippen LogP contribution in [0.4, 0.5) is 0 Å². The SMILES string of the molecule is CCC(=O)NNC(=O)CN. The number of amides is 2. The fourth-order valence-electron chi connectivity index (χ4n) is 0.279. The molecule has 58 valence electrons. The molecular formula is C5H11N3O2. The van der Waals surface area contributed by atoms with Gasteiger partial charge in [0.1, 0.15) is 0 Å². The minimum atomic E-state index is -0.401. The lowest BCUT2D eigenvalue weighted by atomic mass is 10.5. The van der Waals surface area contributed by atoms with Crippen LogP contribution in [0.1, 0.15) is 13.3 Å². The first-order chi connectivity index (χ1) is 4.70. The van der Waals surface area contributed by atoms with Crippen molar-refractivity contribution in [3.05, 3.63) is 0 Å². The molecule has 0 aromatic carbocycles. The van der Waals surface area contributed by atoms with Crippen LogP contribution in [-0.2, 0) is 9.59 Å². The number of hydrogen-bond donors (Lipinski definition) is 3. The van der Waals surface area contributed by atoms with E-state index in [0.29, 0.717) is 6.42 Å². The minimum Gasteiger partial charge on any atom is -0.322 e. The van der Waals surface area contributed by atoms with E-state index in [-0.39, 0.29) is 12.5 Å². The summed E-state index contributed by atoms with van der Waals surface area (Å²) >= 11 is 0. The molecule has 0 bridgehead atoms. The van der Waals surface area contributed by atoms with E-state index >= 15 is 0 Å². The average molecular weight is 145 g/mol. The fourth-order valence-corrected chi connectivity index (χ4v) is 0.279. The van der Waals surface area contributed by atoms with Crippen molar-refractivity contribution in [3.63, 3.8) is 0 Å². The first-order valence-electron chi connectivity index (χ1n) is 2.98. The van der Waals surface area contributed by atoms with Crippen molar-refractivity contribution in [2.75, 3.05) is 6.54 Å². The predicted molar refractivity (Wildman–Crippen MR) is 35.6 cm³/mol. The van der Waals surface area contributed by atoms with Crippen LogP contribution < -0.4 is 16.6 Å². The van der Waals surface area contributed by atoms with Crippen LogP contribution in [0.2, 0.25) is 0 Å². The van der Waals surface area contributed by atoms with Gasteiger partial charge in [-0.25, -0.2) is 0 Å². The Labute approximate surface area is 58.9 Å². The number of carbonyl (C=O) groups is 2. The van der Waals surface area contributed by atoms with E-state index in [1.54, 1.807) is 6.92 Å². The molecule has 0 aromatic heterocycles. The van der Waals surface area contributed by atoms with Gasteiger partial charge in [-0.3, -0.25) is 20.4 Å². The number of rotatable bonds is 2. The third kappa shape index (κ3) is 3.85. The maximum Gasteiger partial charge on any atom is 0.252 e. The summed E-state index contributed by atoms with van der Waals surface area (Å²) in [5, 5.41) is 0. The molecule has 0 unspecified atom stereocenters. The molecule has 0 radical (unpaired) electrons. The molecule has 0 aliphatic carbocycles. The number of carbonyl (C=O) groups excluding carboxylic acids is 2. The molecule has 0 heterocycles. The summed E-state index contributed by atoms with van der Waals surface area (Å²) < 4.78 is 0. The highest BCUT2D eigenvalue weighted by molar-refractivity contribution is 5.82. The van der Waals surface area contributed by atoms with Crippen molar-refractivity contribution < 1.29 is 9.59 Å². The Kier molecular flexibility index (Phi) is 4.23. The van der Waals surface area contributed by atoms with Crippen LogP contribution in [0.15, 0.2) is 0 Å². The molecule has 5 heteroatoms. The average Bonchev–Trinajstić information content (AvgIpc) is 1.99. The van der Waals surface area contributed by atoms with Crippen LogP contribution >= 0.6 is 0 Å². The maximum atomic E-state index is 10.5. The normalized spacial score (nSPS) is 8.60. The summed E-state index contributed by atoms with van der Waals surface area (Å²) in [6.07, 6.45) is 0.338. The van der Waals surface area contributed by atoms with E-state index in [1.165, 1.54) is 0 Å². The van der Waals surface area contributed by atoms with Gasteiger partial charge in [0.05, 0.1) is 6.54 Å². The number of hydrogen-bond acceptors (Lipinski definition) is 3. The lowest BCUT2D eigenvalue weighted by molar-refractivity contribution is -0.128. The molecule has 4 N–H and O–H groups in total. The summed E-state index contributed by atoms with van der Waals surface area (Å²) in [6, 6.07) is 0. The first kappa shape index (κ1) is 8.90. The highest BCUT2D eigenvalue weighted by Crippen LogP contribution is 1.69. The van der Waals surface area contributed by atoms with Crippen LogP contribution in [0.5, 0.6) is 0 Å². The van der Waals surface area contributed by atoms with E-state index in [1.807, 2.05) is 0 Å². The quantitative estimate of drug-likeness (QED) is 0.413. The molecule has 0 aliphatic heterocycles. The van der Waals surface area contributed by atoms with Crippen LogP contribution in [0, 0.1) is 0 Å². The lowest BCUT2D eigenvalue weighted by Gasteiger charge is -2.02. The summed E-state index contributed by atoms with van der Waals surface area (Å²) in [4.78, 5) is 20.8. The topological polar surface area (TPSA) is 84.2 Å². The molecule has 0 atom stereocenters. The van der Waals surface area contributed by atoms with E-state index in [2.05, 4.69) is 10.9 Å². The Morgan fingerprint density at radius 3 is 2.20 bits per heavy atom. The van der Waals surface area contributed by atoms with Crippen molar-refractivity contribution >= 4 is 11.8 Å². The molecule has 0 rings (SSSR count). The molecular weight excluding hydrogens is 134 g/mol. The molecule has 0 saturated heterocycles. The second-order valence-electron chi connectivity index (χ2n) is 1.65. The Balaban J connectivity index is 3.35. The second-order valence-corrected chi connectivity index (χ2v) is 1.65. The van der Waals surface area contributed by atoms with Gasteiger partial charge in [0.25, 0.3) is 5.91 Å². The smallest absolute Gasteiger partial charge is 0.252 e. The Bertz CT molecular complexity index is 119. The molecule has 0 fully saturated rings. The van der Waals surface area contributed by atoms with Gasteiger partial charge >= 0.3 is 0 Å². The van der Waals surface area contributed by atoms with E-state index in [0.717, 1.165) is 0 Å². The number of hydrazine groups is 1. The van der Waals surface area contributed by atoms with Gasteiger partial charge in [0.2, 0.25) is 5.91 Å². The van der Waals surface area contributed by atoms with Gasteiger partial charge in [-0.2, -0.15) is 0 Å². The molecule has 10 heavy (non-hydrogen) atoms. The second kappa shape index (κ2) is 4.75.